The van der Waals surface area contributed by atoms with Crippen LogP contribution in [0.1, 0.15) is 27.5 Å². The van der Waals surface area contributed by atoms with Crippen molar-refractivity contribution in [1.29, 1.82) is 0 Å². The maximum Gasteiger partial charge on any atom is 0.335 e. The lowest BCUT2D eigenvalue weighted by Gasteiger charge is -2.24. The fraction of sp³-hybridized carbons (Fsp3) is 0.214. The zero-order valence-electron chi connectivity index (χ0n) is 10.4. The van der Waals surface area contributed by atoms with E-state index in [1.807, 2.05) is 44.7 Å². The molecule has 0 radical (unpaired) electrons. The highest BCUT2D eigenvalue weighted by Crippen LogP contribution is 2.26. The molecule has 0 aliphatic heterocycles. The maximum absolute atomic E-state index is 10.8. The monoisotopic (exact) mass is 244 g/mol. The highest BCUT2D eigenvalue weighted by molar-refractivity contribution is 5.87. The molecule has 2 rings (SSSR count). The summed E-state index contributed by atoms with van der Waals surface area (Å²) in [5.41, 5.74) is 2.54. The van der Waals surface area contributed by atoms with E-state index in [4.69, 9.17) is 5.11 Å². The Morgan fingerprint density at radius 1 is 1.17 bits per heavy atom. The van der Waals surface area contributed by atoms with Crippen LogP contribution in [0.3, 0.4) is 0 Å². The third-order valence-corrected chi connectivity index (χ3v) is 2.93. The molecule has 0 spiro atoms. The van der Waals surface area contributed by atoms with Gasteiger partial charge in [-0.2, -0.15) is 0 Å². The van der Waals surface area contributed by atoms with E-state index in [1.165, 1.54) is 0 Å². The lowest BCUT2D eigenvalue weighted by atomic mass is 9.99. The Hall–Kier alpha value is -2.07. The highest BCUT2D eigenvalue weighted by Gasteiger charge is 2.17. The van der Waals surface area contributed by atoms with E-state index in [9.17, 15) is 4.79 Å². The van der Waals surface area contributed by atoms with Crippen LogP contribution in [0.25, 0.3) is 0 Å². The fourth-order valence-electron chi connectivity index (χ4n) is 2.10. The molecule has 0 fully saturated rings. The minimum absolute atomic E-state index is 0.124. The number of hydrogen-bond acceptors (Lipinski definition) is 2. The van der Waals surface area contributed by atoms with Crippen molar-refractivity contribution in [3.63, 3.8) is 0 Å². The van der Waals surface area contributed by atoms with Crippen LogP contribution in [-0.4, -0.2) is 35.1 Å². The van der Waals surface area contributed by atoms with Gasteiger partial charge in [-0.05, 0) is 43.4 Å². The predicted octanol–water partition coefficient (Wildman–Crippen LogP) is 2.36. The van der Waals surface area contributed by atoms with Crippen molar-refractivity contribution in [1.82, 2.24) is 9.88 Å². The zero-order valence-corrected chi connectivity index (χ0v) is 10.4. The Bertz CT molecular complexity index is 515. The van der Waals surface area contributed by atoms with E-state index in [1.54, 1.807) is 12.1 Å². The molecule has 0 saturated carbocycles. The molecule has 2 aromatic rings. The highest BCUT2D eigenvalue weighted by atomic mass is 16.4. The second-order valence-corrected chi connectivity index (χ2v) is 4.44. The van der Waals surface area contributed by atoms with E-state index in [0.29, 0.717) is 5.56 Å². The van der Waals surface area contributed by atoms with Crippen LogP contribution >= 0.6 is 0 Å². The van der Waals surface area contributed by atoms with Crippen molar-refractivity contribution in [3.8, 4) is 0 Å². The van der Waals surface area contributed by atoms with Crippen molar-refractivity contribution in [3.05, 3.63) is 59.4 Å². The molecule has 2 N–H and O–H groups in total. The molecule has 4 nitrogen and oxygen atoms in total. The molecule has 1 heterocycles. The van der Waals surface area contributed by atoms with Crippen LogP contribution in [0, 0.1) is 0 Å². The number of nitrogens with zero attached hydrogens (tertiary/aromatic N) is 1. The van der Waals surface area contributed by atoms with Gasteiger partial charge < -0.3 is 10.1 Å². The van der Waals surface area contributed by atoms with Crippen molar-refractivity contribution in [2.24, 2.45) is 0 Å². The normalized spacial score (nSPS) is 12.6. The van der Waals surface area contributed by atoms with Gasteiger partial charge in [-0.15, -0.1) is 0 Å². The number of carboxylic acid groups (broad SMARTS) is 1. The van der Waals surface area contributed by atoms with E-state index in [-0.39, 0.29) is 6.04 Å². The van der Waals surface area contributed by atoms with Crippen molar-refractivity contribution >= 4 is 5.97 Å². The van der Waals surface area contributed by atoms with Gasteiger partial charge >= 0.3 is 5.97 Å². The minimum Gasteiger partial charge on any atom is -0.478 e. The van der Waals surface area contributed by atoms with Crippen LogP contribution < -0.4 is 0 Å². The van der Waals surface area contributed by atoms with Gasteiger partial charge in [-0.25, -0.2) is 4.79 Å². The molecule has 0 aliphatic carbocycles. The van der Waals surface area contributed by atoms with Crippen LogP contribution in [-0.2, 0) is 0 Å². The number of aromatic amines is 1. The molecule has 0 saturated heterocycles. The van der Waals surface area contributed by atoms with Gasteiger partial charge in [0, 0.05) is 12.4 Å². The molecule has 4 heteroatoms. The second kappa shape index (κ2) is 5.06. The summed E-state index contributed by atoms with van der Waals surface area (Å²) in [7, 11) is 4.01. The second-order valence-electron chi connectivity index (χ2n) is 4.44. The first-order valence-corrected chi connectivity index (χ1v) is 5.72. The number of carbonyl (C=O) groups is 1. The third-order valence-electron chi connectivity index (χ3n) is 2.93. The van der Waals surface area contributed by atoms with Crippen LogP contribution in [0.4, 0.5) is 0 Å². The number of nitrogens with one attached hydrogen (secondary N) is 1. The summed E-state index contributed by atoms with van der Waals surface area (Å²) in [6.07, 6.45) is 3.84. The molecule has 94 valence electrons. The van der Waals surface area contributed by atoms with E-state index in [0.717, 1.165) is 11.1 Å². The van der Waals surface area contributed by atoms with Gasteiger partial charge in [0.15, 0.2) is 0 Å². The summed E-state index contributed by atoms with van der Waals surface area (Å²) in [5, 5.41) is 8.89. The topological polar surface area (TPSA) is 56.3 Å². The molecule has 0 bridgehead atoms. The smallest absolute Gasteiger partial charge is 0.335 e. The Morgan fingerprint density at radius 2 is 1.83 bits per heavy atom. The molecule has 1 atom stereocenters. The predicted molar refractivity (Wildman–Crippen MR) is 69.7 cm³/mol. The lowest BCUT2D eigenvalue weighted by molar-refractivity contribution is 0.0697. The quantitative estimate of drug-likeness (QED) is 0.868. The van der Waals surface area contributed by atoms with Crippen LogP contribution in [0.2, 0.25) is 0 Å². The summed E-state index contributed by atoms with van der Waals surface area (Å²) >= 11 is 0. The molecule has 1 aromatic carbocycles. The largest absolute Gasteiger partial charge is 0.478 e. The molecular formula is C14H16N2O2. The number of hydrogen-bond donors (Lipinski definition) is 2. The van der Waals surface area contributed by atoms with Crippen molar-refractivity contribution < 1.29 is 9.90 Å². The molecule has 18 heavy (non-hydrogen) atoms. The van der Waals surface area contributed by atoms with Gasteiger partial charge in [-0.3, -0.25) is 4.90 Å². The Balaban J connectivity index is 2.35. The number of carboxylic acids is 1. The molecule has 0 amide bonds. The van der Waals surface area contributed by atoms with Gasteiger partial charge in [-0.1, -0.05) is 12.1 Å². The summed E-state index contributed by atoms with van der Waals surface area (Å²) in [4.78, 5) is 16.0. The van der Waals surface area contributed by atoms with Gasteiger partial charge in [0.2, 0.25) is 0 Å². The number of aromatic nitrogens is 1. The number of aromatic carboxylic acids is 1. The first-order chi connectivity index (χ1) is 8.59. The molecule has 1 unspecified atom stereocenters. The Kier molecular flexibility index (Phi) is 3.48. The SMILES string of the molecule is CN(C)C(c1ccc(C(=O)O)cc1)c1cc[nH]c1. The van der Waals surface area contributed by atoms with Crippen LogP contribution in [0.5, 0.6) is 0 Å². The lowest BCUT2D eigenvalue weighted by Crippen LogP contribution is -2.20. The number of H-pyrrole nitrogens is 1. The molecule has 0 aliphatic rings. The summed E-state index contributed by atoms with van der Waals surface area (Å²) < 4.78 is 0. The maximum atomic E-state index is 10.8. The van der Waals surface area contributed by atoms with Crippen molar-refractivity contribution in [2.75, 3.05) is 14.1 Å². The first-order valence-electron chi connectivity index (χ1n) is 5.72. The zero-order chi connectivity index (χ0) is 13.1. The third kappa shape index (κ3) is 2.43. The summed E-state index contributed by atoms with van der Waals surface area (Å²) in [5.74, 6) is -0.899. The van der Waals surface area contributed by atoms with Crippen LogP contribution in [0.15, 0.2) is 42.7 Å². The average molecular weight is 244 g/mol. The van der Waals surface area contributed by atoms with E-state index in [2.05, 4.69) is 9.88 Å². The molecule has 1 aromatic heterocycles. The standard InChI is InChI=1S/C14H16N2O2/c1-16(2)13(12-7-8-15-9-12)10-3-5-11(6-4-10)14(17)18/h3-9,13,15H,1-2H3,(H,17,18). The average Bonchev–Trinajstić information content (AvgIpc) is 2.83. The van der Waals surface area contributed by atoms with Gasteiger partial charge in [0.1, 0.15) is 0 Å². The number of benzene rings is 1. The Labute approximate surface area is 106 Å². The fourth-order valence-corrected chi connectivity index (χ4v) is 2.10. The first kappa shape index (κ1) is 12.4. The summed E-state index contributed by atoms with van der Waals surface area (Å²) in [6.45, 7) is 0. The summed E-state index contributed by atoms with van der Waals surface area (Å²) in [6, 6.07) is 9.15. The van der Waals surface area contributed by atoms with Gasteiger partial charge in [0.05, 0.1) is 11.6 Å². The van der Waals surface area contributed by atoms with E-state index >= 15 is 0 Å². The molecular weight excluding hydrogens is 228 g/mol. The van der Waals surface area contributed by atoms with Crippen molar-refractivity contribution in [2.45, 2.75) is 6.04 Å². The minimum atomic E-state index is -0.899. The van der Waals surface area contributed by atoms with Gasteiger partial charge in [0.25, 0.3) is 0 Å². The number of rotatable bonds is 4. The van der Waals surface area contributed by atoms with E-state index < -0.39 is 5.97 Å². The Morgan fingerprint density at radius 3 is 2.28 bits per heavy atom.